The van der Waals surface area contributed by atoms with Gasteiger partial charge in [0.05, 0.1) is 17.6 Å². The fraction of sp³-hybridized carbons (Fsp3) is 0.429. The molecule has 1 heterocycles. The highest BCUT2D eigenvalue weighted by molar-refractivity contribution is 5.97. The van der Waals surface area contributed by atoms with Gasteiger partial charge in [-0.05, 0) is 18.2 Å². The average Bonchev–Trinajstić information content (AvgIpc) is 2.75. The van der Waals surface area contributed by atoms with Crippen molar-refractivity contribution in [1.82, 2.24) is 14.9 Å². The molecule has 1 N–H and O–H groups in total. The predicted octanol–water partition coefficient (Wildman–Crippen LogP) is 1.51. The Balaban J connectivity index is 2.24. The number of hydrogen-bond acceptors (Lipinski definition) is 3. The van der Waals surface area contributed by atoms with Crippen LogP contribution in [0.2, 0.25) is 0 Å². The number of carbonyl (C=O) groups is 1. The summed E-state index contributed by atoms with van der Waals surface area (Å²) in [5.74, 6) is 0.926. The topological polar surface area (TPSA) is 56.1 Å². The number of hydrogen-bond donors (Lipinski definition) is 1. The predicted molar refractivity (Wildman–Crippen MR) is 74.3 cm³/mol. The number of nitrogens with one attached hydrogen (secondary N) is 1. The van der Waals surface area contributed by atoms with E-state index < -0.39 is 0 Å². The number of nitrogens with zero attached hydrogens (tertiary/aromatic N) is 2. The summed E-state index contributed by atoms with van der Waals surface area (Å²) < 4.78 is 6.96. The monoisotopic (exact) mass is 261 g/mol. The Kier molecular flexibility index (Phi) is 4.16. The number of carbonyl (C=O) groups excluding carboxylic acids is 1. The third-order valence-electron chi connectivity index (χ3n) is 3.14. The summed E-state index contributed by atoms with van der Waals surface area (Å²) in [5, 5.41) is 2.80. The van der Waals surface area contributed by atoms with Gasteiger partial charge >= 0.3 is 0 Å². The minimum Gasteiger partial charge on any atom is -0.383 e. The Morgan fingerprint density at radius 2 is 2.26 bits per heavy atom. The number of ether oxygens (including phenoxy) is 1. The fourth-order valence-electron chi connectivity index (χ4n) is 2.08. The molecule has 0 unspecified atom stereocenters. The van der Waals surface area contributed by atoms with Crippen molar-refractivity contribution in [3.05, 3.63) is 29.6 Å². The van der Waals surface area contributed by atoms with Gasteiger partial charge in [0.1, 0.15) is 5.82 Å². The molecule has 0 saturated carbocycles. The highest BCUT2D eigenvalue weighted by atomic mass is 16.5. The maximum absolute atomic E-state index is 11.9. The molecule has 0 atom stereocenters. The van der Waals surface area contributed by atoms with Crippen LogP contribution in [0.3, 0.4) is 0 Å². The maximum atomic E-state index is 11.9. The van der Waals surface area contributed by atoms with Crippen LogP contribution >= 0.6 is 0 Å². The second-order valence-electron chi connectivity index (χ2n) is 4.39. The number of fused-ring (bicyclic) bond motifs is 1. The van der Waals surface area contributed by atoms with Crippen molar-refractivity contribution in [1.29, 1.82) is 0 Å². The zero-order chi connectivity index (χ0) is 13.8. The van der Waals surface area contributed by atoms with Crippen molar-refractivity contribution < 1.29 is 9.53 Å². The van der Waals surface area contributed by atoms with Gasteiger partial charge in [0.2, 0.25) is 0 Å². The average molecular weight is 261 g/mol. The van der Waals surface area contributed by atoms with E-state index >= 15 is 0 Å². The first kappa shape index (κ1) is 13.5. The molecule has 1 aromatic carbocycles. The Hall–Kier alpha value is -1.88. The molecule has 0 spiro atoms. The van der Waals surface area contributed by atoms with E-state index in [2.05, 4.69) is 21.8 Å². The standard InChI is InChI=1S/C14H19N3O2/c1-4-13-16-11-9-10(5-6-12(11)17(13)2)14(18)15-7-8-19-3/h5-6,9H,4,7-8H2,1-3H3,(H,15,18). The Morgan fingerprint density at radius 1 is 1.47 bits per heavy atom. The van der Waals surface area contributed by atoms with Gasteiger partial charge in [0.15, 0.2) is 0 Å². The van der Waals surface area contributed by atoms with Crippen LogP contribution in [0.25, 0.3) is 11.0 Å². The van der Waals surface area contributed by atoms with E-state index in [9.17, 15) is 4.79 Å². The molecule has 0 bridgehead atoms. The molecule has 0 aliphatic heterocycles. The number of rotatable bonds is 5. The lowest BCUT2D eigenvalue weighted by Gasteiger charge is -2.04. The molecule has 0 aliphatic carbocycles. The molecule has 1 aromatic heterocycles. The smallest absolute Gasteiger partial charge is 0.251 e. The van der Waals surface area contributed by atoms with Crippen molar-refractivity contribution in [2.75, 3.05) is 20.3 Å². The molecule has 102 valence electrons. The number of imidazole rings is 1. The summed E-state index contributed by atoms with van der Waals surface area (Å²) in [5.41, 5.74) is 2.54. The van der Waals surface area contributed by atoms with Gasteiger partial charge in [0, 0.05) is 32.7 Å². The Morgan fingerprint density at radius 3 is 2.95 bits per heavy atom. The zero-order valence-electron chi connectivity index (χ0n) is 11.6. The van der Waals surface area contributed by atoms with E-state index in [1.54, 1.807) is 7.11 Å². The van der Waals surface area contributed by atoms with Crippen LogP contribution in [0.1, 0.15) is 23.1 Å². The van der Waals surface area contributed by atoms with Crippen molar-refractivity contribution in [2.24, 2.45) is 7.05 Å². The minimum atomic E-state index is -0.0948. The molecule has 19 heavy (non-hydrogen) atoms. The summed E-state index contributed by atoms with van der Waals surface area (Å²) in [6, 6.07) is 5.59. The van der Waals surface area contributed by atoms with Gasteiger partial charge in [-0.15, -0.1) is 0 Å². The molecule has 0 aliphatic rings. The molecule has 2 aromatic rings. The normalized spacial score (nSPS) is 10.9. The number of aromatic nitrogens is 2. The van der Waals surface area contributed by atoms with Gasteiger partial charge in [-0.1, -0.05) is 6.92 Å². The van der Waals surface area contributed by atoms with E-state index in [0.29, 0.717) is 18.7 Å². The molecule has 0 radical (unpaired) electrons. The van der Waals surface area contributed by atoms with Crippen molar-refractivity contribution in [3.63, 3.8) is 0 Å². The van der Waals surface area contributed by atoms with E-state index in [0.717, 1.165) is 23.3 Å². The molecule has 0 saturated heterocycles. The first-order chi connectivity index (χ1) is 9.17. The van der Waals surface area contributed by atoms with Crippen LogP contribution in [-0.4, -0.2) is 35.7 Å². The number of methoxy groups -OCH3 is 1. The summed E-state index contributed by atoms with van der Waals surface area (Å²) >= 11 is 0. The number of benzene rings is 1. The molecule has 1 amide bonds. The third-order valence-corrected chi connectivity index (χ3v) is 3.14. The molecule has 2 rings (SSSR count). The second kappa shape index (κ2) is 5.84. The molecular weight excluding hydrogens is 242 g/mol. The second-order valence-corrected chi connectivity index (χ2v) is 4.39. The highest BCUT2D eigenvalue weighted by Gasteiger charge is 2.10. The van der Waals surface area contributed by atoms with Crippen LogP contribution in [0.5, 0.6) is 0 Å². The van der Waals surface area contributed by atoms with Crippen molar-refractivity contribution in [2.45, 2.75) is 13.3 Å². The van der Waals surface area contributed by atoms with Crippen LogP contribution < -0.4 is 5.32 Å². The summed E-state index contributed by atoms with van der Waals surface area (Å²) in [6.07, 6.45) is 0.876. The largest absolute Gasteiger partial charge is 0.383 e. The summed E-state index contributed by atoms with van der Waals surface area (Å²) in [6.45, 7) is 3.09. The first-order valence-corrected chi connectivity index (χ1v) is 6.39. The summed E-state index contributed by atoms with van der Waals surface area (Å²) in [4.78, 5) is 16.5. The Labute approximate surface area is 112 Å². The highest BCUT2D eigenvalue weighted by Crippen LogP contribution is 2.17. The van der Waals surface area contributed by atoms with E-state index in [-0.39, 0.29) is 5.91 Å². The van der Waals surface area contributed by atoms with Crippen LogP contribution in [0.15, 0.2) is 18.2 Å². The van der Waals surface area contributed by atoms with E-state index in [1.807, 2.05) is 25.2 Å². The van der Waals surface area contributed by atoms with Crippen LogP contribution in [-0.2, 0) is 18.2 Å². The van der Waals surface area contributed by atoms with Crippen molar-refractivity contribution >= 4 is 16.9 Å². The van der Waals surface area contributed by atoms with Crippen LogP contribution in [0, 0.1) is 0 Å². The van der Waals surface area contributed by atoms with E-state index in [1.165, 1.54) is 0 Å². The SMILES string of the molecule is CCc1nc2cc(C(=O)NCCOC)ccc2n1C. The zero-order valence-corrected chi connectivity index (χ0v) is 11.6. The van der Waals surface area contributed by atoms with Gasteiger partial charge < -0.3 is 14.6 Å². The quantitative estimate of drug-likeness (QED) is 0.830. The lowest BCUT2D eigenvalue weighted by Crippen LogP contribution is -2.26. The first-order valence-electron chi connectivity index (χ1n) is 6.39. The van der Waals surface area contributed by atoms with Crippen LogP contribution in [0.4, 0.5) is 0 Å². The number of amides is 1. The Bertz CT molecular complexity index is 590. The fourth-order valence-corrected chi connectivity index (χ4v) is 2.08. The van der Waals surface area contributed by atoms with Gasteiger partial charge in [-0.2, -0.15) is 0 Å². The molecular formula is C14H19N3O2. The maximum Gasteiger partial charge on any atom is 0.251 e. The third kappa shape index (κ3) is 2.76. The number of aryl methyl sites for hydroxylation is 2. The lowest BCUT2D eigenvalue weighted by atomic mass is 10.2. The molecule has 0 fully saturated rings. The van der Waals surface area contributed by atoms with Crippen molar-refractivity contribution in [3.8, 4) is 0 Å². The van der Waals surface area contributed by atoms with Gasteiger partial charge in [-0.3, -0.25) is 4.79 Å². The van der Waals surface area contributed by atoms with Gasteiger partial charge in [-0.25, -0.2) is 4.98 Å². The molecule has 5 nitrogen and oxygen atoms in total. The minimum absolute atomic E-state index is 0.0948. The lowest BCUT2D eigenvalue weighted by molar-refractivity contribution is 0.0937. The summed E-state index contributed by atoms with van der Waals surface area (Å²) in [7, 11) is 3.60. The van der Waals surface area contributed by atoms with Gasteiger partial charge in [0.25, 0.3) is 5.91 Å². The molecule has 5 heteroatoms. The van der Waals surface area contributed by atoms with E-state index in [4.69, 9.17) is 4.74 Å².